The molecule has 9 heteroatoms. The molecule has 0 aliphatic heterocycles. The van der Waals surface area contributed by atoms with Crippen molar-refractivity contribution in [1.29, 1.82) is 0 Å². The van der Waals surface area contributed by atoms with Gasteiger partial charge < -0.3 is 16.0 Å². The minimum atomic E-state index is -0.151. The van der Waals surface area contributed by atoms with Gasteiger partial charge in [-0.2, -0.15) is 20.1 Å². The Bertz CT molecular complexity index is 567. The van der Waals surface area contributed by atoms with Crippen LogP contribution in [0.15, 0.2) is 18.5 Å². The Morgan fingerprint density at radius 3 is 2.89 bits per heavy atom. The highest BCUT2D eigenvalue weighted by Gasteiger charge is 2.12. The number of amides is 1. The number of carbonyl (C=O) groups is 1. The Balaban J connectivity index is 2.29. The molecule has 0 aliphatic carbocycles. The lowest BCUT2D eigenvalue weighted by molar-refractivity contribution is -0.119. The largest absolute Gasteiger partial charge is 0.368 e. The smallest absolute Gasteiger partial charge is 0.257 e. The van der Waals surface area contributed by atoms with Crippen molar-refractivity contribution in [3.05, 3.63) is 18.5 Å². The van der Waals surface area contributed by atoms with Gasteiger partial charge in [0.15, 0.2) is 0 Å². The maximum Gasteiger partial charge on any atom is 0.257 e. The second-order valence-corrected chi connectivity index (χ2v) is 3.77. The maximum atomic E-state index is 11.3. The summed E-state index contributed by atoms with van der Waals surface area (Å²) in [7, 11) is 3.25. The van der Waals surface area contributed by atoms with Crippen molar-refractivity contribution >= 4 is 17.8 Å². The van der Waals surface area contributed by atoms with E-state index in [0.29, 0.717) is 11.9 Å². The van der Waals surface area contributed by atoms with Crippen LogP contribution in [0.4, 0.5) is 11.9 Å². The molecule has 2 aromatic rings. The number of nitrogens with zero attached hydrogens (tertiary/aromatic N) is 6. The number of carbonyl (C=O) groups excluding carboxylic acids is 1. The predicted octanol–water partition coefficient (Wildman–Crippen LogP) is -1.18. The Morgan fingerprint density at radius 2 is 2.26 bits per heavy atom. The van der Waals surface area contributed by atoms with Crippen molar-refractivity contribution in [2.75, 3.05) is 31.3 Å². The van der Waals surface area contributed by atoms with Crippen LogP contribution in [0.5, 0.6) is 0 Å². The molecule has 9 nitrogen and oxygen atoms in total. The van der Waals surface area contributed by atoms with Crippen molar-refractivity contribution < 1.29 is 4.79 Å². The molecule has 2 heterocycles. The van der Waals surface area contributed by atoms with Crippen LogP contribution in [0.25, 0.3) is 5.95 Å². The van der Waals surface area contributed by atoms with Gasteiger partial charge in [-0.25, -0.2) is 4.68 Å². The highest BCUT2D eigenvalue weighted by Crippen LogP contribution is 2.09. The molecule has 3 N–H and O–H groups in total. The lowest BCUT2D eigenvalue weighted by Crippen LogP contribution is -2.34. The summed E-state index contributed by atoms with van der Waals surface area (Å²) < 4.78 is 1.47. The van der Waals surface area contributed by atoms with E-state index in [1.165, 1.54) is 4.68 Å². The topological polar surface area (TPSA) is 115 Å². The molecular weight excluding hydrogens is 248 g/mol. The molecular formula is C10H14N8O. The van der Waals surface area contributed by atoms with E-state index in [0.717, 1.165) is 0 Å². The lowest BCUT2D eigenvalue weighted by atomic mass is 10.5. The summed E-state index contributed by atoms with van der Waals surface area (Å²) in [6.07, 6.45) is 3.30. The van der Waals surface area contributed by atoms with E-state index in [-0.39, 0.29) is 18.4 Å². The van der Waals surface area contributed by atoms with Crippen molar-refractivity contribution in [3.63, 3.8) is 0 Å². The van der Waals surface area contributed by atoms with E-state index in [1.807, 2.05) is 0 Å². The molecule has 0 fully saturated rings. The third-order valence-electron chi connectivity index (χ3n) is 2.34. The molecule has 0 saturated carbocycles. The molecule has 0 radical (unpaired) electrons. The minimum absolute atomic E-state index is 0.0688. The number of aromatic nitrogens is 5. The number of nitrogens with one attached hydrogen (secondary N) is 1. The zero-order chi connectivity index (χ0) is 13.8. The molecule has 0 saturated heterocycles. The van der Waals surface area contributed by atoms with Crippen molar-refractivity contribution in [2.45, 2.75) is 0 Å². The maximum absolute atomic E-state index is 11.3. The van der Waals surface area contributed by atoms with Gasteiger partial charge in [-0.15, -0.1) is 0 Å². The standard InChI is InChI=1S/C10H14N8O/c1-12-7(19)6-17(2)9-14-8(11)15-10(16-9)18-5-3-4-13-18/h3-5H,6H2,1-2H3,(H,12,19)(H2,11,14,15,16). The fourth-order valence-electron chi connectivity index (χ4n) is 1.39. The first-order valence-electron chi connectivity index (χ1n) is 5.53. The van der Waals surface area contributed by atoms with Crippen molar-refractivity contribution in [3.8, 4) is 5.95 Å². The van der Waals surface area contributed by atoms with E-state index < -0.39 is 0 Å². The molecule has 0 aliphatic rings. The molecule has 0 aromatic carbocycles. The van der Waals surface area contributed by atoms with E-state index in [2.05, 4.69) is 25.4 Å². The molecule has 19 heavy (non-hydrogen) atoms. The number of rotatable bonds is 4. The van der Waals surface area contributed by atoms with Crippen LogP contribution in [0.3, 0.4) is 0 Å². The number of anilines is 2. The van der Waals surface area contributed by atoms with Crippen LogP contribution in [0.2, 0.25) is 0 Å². The summed E-state index contributed by atoms with van der Waals surface area (Å²) >= 11 is 0. The summed E-state index contributed by atoms with van der Waals surface area (Å²) in [4.78, 5) is 25.1. The number of nitrogens with two attached hydrogens (primary N) is 1. The summed E-state index contributed by atoms with van der Waals surface area (Å²) in [5.74, 6) is 0.527. The average molecular weight is 262 g/mol. The van der Waals surface area contributed by atoms with Gasteiger partial charge in [0.2, 0.25) is 17.8 Å². The zero-order valence-electron chi connectivity index (χ0n) is 10.6. The van der Waals surface area contributed by atoms with Crippen LogP contribution < -0.4 is 16.0 Å². The van der Waals surface area contributed by atoms with Crippen LogP contribution in [0, 0.1) is 0 Å². The van der Waals surface area contributed by atoms with Crippen LogP contribution in [0.1, 0.15) is 0 Å². The second kappa shape index (κ2) is 5.29. The summed E-state index contributed by atoms with van der Waals surface area (Å²) in [5.41, 5.74) is 5.64. The lowest BCUT2D eigenvalue weighted by Gasteiger charge is -2.16. The molecule has 0 atom stereocenters. The molecule has 0 spiro atoms. The van der Waals surface area contributed by atoms with Gasteiger partial charge in [-0.05, 0) is 6.07 Å². The highest BCUT2D eigenvalue weighted by atomic mass is 16.1. The fraction of sp³-hybridized carbons (Fsp3) is 0.300. The van der Waals surface area contributed by atoms with E-state index in [4.69, 9.17) is 5.73 Å². The normalized spacial score (nSPS) is 10.2. The second-order valence-electron chi connectivity index (χ2n) is 3.77. The van der Waals surface area contributed by atoms with Gasteiger partial charge in [0.25, 0.3) is 5.95 Å². The summed E-state index contributed by atoms with van der Waals surface area (Å²) in [6, 6.07) is 1.74. The van der Waals surface area contributed by atoms with Gasteiger partial charge >= 0.3 is 0 Å². The fourth-order valence-corrected chi connectivity index (χ4v) is 1.39. The summed E-state index contributed by atoms with van der Waals surface area (Å²) in [6.45, 7) is 0.124. The van der Waals surface area contributed by atoms with Gasteiger partial charge in [0.05, 0.1) is 6.54 Å². The van der Waals surface area contributed by atoms with Gasteiger partial charge in [0, 0.05) is 26.5 Å². The Labute approximate surface area is 109 Å². The van der Waals surface area contributed by atoms with Crippen LogP contribution in [-0.2, 0) is 4.79 Å². The molecule has 2 rings (SSSR count). The minimum Gasteiger partial charge on any atom is -0.368 e. The van der Waals surface area contributed by atoms with Crippen molar-refractivity contribution in [2.24, 2.45) is 0 Å². The van der Waals surface area contributed by atoms with Gasteiger partial charge in [-0.3, -0.25) is 4.79 Å². The van der Waals surface area contributed by atoms with Crippen LogP contribution >= 0.6 is 0 Å². The molecule has 1 amide bonds. The predicted molar refractivity (Wildman–Crippen MR) is 68.7 cm³/mol. The Hall–Kier alpha value is -2.71. The zero-order valence-corrected chi connectivity index (χ0v) is 10.6. The Kier molecular flexibility index (Phi) is 3.55. The van der Waals surface area contributed by atoms with E-state index in [9.17, 15) is 4.79 Å². The number of nitrogen functional groups attached to an aromatic ring is 1. The van der Waals surface area contributed by atoms with E-state index in [1.54, 1.807) is 37.5 Å². The summed E-state index contributed by atoms with van der Waals surface area (Å²) in [5, 5.41) is 6.54. The number of hydrogen-bond acceptors (Lipinski definition) is 7. The molecule has 0 bridgehead atoms. The first kappa shape index (κ1) is 12.7. The quantitative estimate of drug-likeness (QED) is 0.712. The van der Waals surface area contributed by atoms with E-state index >= 15 is 0 Å². The number of hydrogen-bond donors (Lipinski definition) is 2. The molecule has 100 valence electrons. The number of likely N-dealkylation sites (N-methyl/N-ethyl adjacent to an activating group) is 2. The molecule has 2 aromatic heterocycles. The Morgan fingerprint density at radius 1 is 1.47 bits per heavy atom. The molecule has 0 unspecified atom stereocenters. The SMILES string of the molecule is CNC(=O)CN(C)c1nc(N)nc(-n2cccn2)n1. The van der Waals surface area contributed by atoms with Gasteiger partial charge in [0.1, 0.15) is 0 Å². The van der Waals surface area contributed by atoms with Crippen LogP contribution in [-0.4, -0.2) is 51.3 Å². The first-order valence-corrected chi connectivity index (χ1v) is 5.53. The highest BCUT2D eigenvalue weighted by molar-refractivity contribution is 5.80. The first-order chi connectivity index (χ1) is 9.10. The third kappa shape index (κ3) is 2.94. The van der Waals surface area contributed by atoms with Gasteiger partial charge in [-0.1, -0.05) is 0 Å². The average Bonchev–Trinajstić information content (AvgIpc) is 2.91. The third-order valence-corrected chi connectivity index (χ3v) is 2.34. The monoisotopic (exact) mass is 262 g/mol. The van der Waals surface area contributed by atoms with Crippen molar-refractivity contribution in [1.82, 2.24) is 30.0 Å².